The first kappa shape index (κ1) is 11.9. The number of fused-ring (bicyclic) bond motifs is 1. The highest BCUT2D eigenvalue weighted by Crippen LogP contribution is 2.23. The number of aromatic nitrogens is 1. The Balaban J connectivity index is 2.32. The first-order valence-corrected chi connectivity index (χ1v) is 5.89. The molecule has 0 saturated heterocycles. The summed E-state index contributed by atoms with van der Waals surface area (Å²) in [6.07, 6.45) is 1.51. The van der Waals surface area contributed by atoms with Crippen molar-refractivity contribution in [2.45, 2.75) is 12.8 Å². The number of halogens is 1. The van der Waals surface area contributed by atoms with Crippen molar-refractivity contribution in [2.24, 2.45) is 0 Å². The molecule has 88 valence electrons. The van der Waals surface area contributed by atoms with Gasteiger partial charge in [0, 0.05) is 33.6 Å². The maximum absolute atomic E-state index is 11.8. The monoisotopic (exact) mass is 295 g/mol. The molecule has 1 aromatic carbocycles. The van der Waals surface area contributed by atoms with Crippen LogP contribution in [0.5, 0.6) is 0 Å². The van der Waals surface area contributed by atoms with Crippen molar-refractivity contribution in [3.8, 4) is 0 Å². The van der Waals surface area contributed by atoms with Crippen LogP contribution in [-0.2, 0) is 4.79 Å². The number of carboxylic acids is 1. The predicted octanol–water partition coefficient (Wildman–Crippen LogP) is 2.98. The molecule has 2 N–H and O–H groups in total. The minimum atomic E-state index is -0.959. The molecule has 5 heteroatoms. The van der Waals surface area contributed by atoms with Crippen LogP contribution in [0.4, 0.5) is 0 Å². The number of carbonyl (C=O) groups excluding carboxylic acids is 1. The molecule has 0 fully saturated rings. The van der Waals surface area contributed by atoms with Gasteiger partial charge in [-0.15, -0.1) is 0 Å². The van der Waals surface area contributed by atoms with E-state index in [0.29, 0.717) is 5.56 Å². The van der Waals surface area contributed by atoms with Gasteiger partial charge in [0.25, 0.3) is 0 Å². The van der Waals surface area contributed by atoms with Gasteiger partial charge in [0.15, 0.2) is 5.78 Å². The molecule has 4 nitrogen and oxygen atoms in total. The molecule has 17 heavy (non-hydrogen) atoms. The molecule has 0 bridgehead atoms. The number of aromatic amines is 1. The molecule has 2 aromatic rings. The minimum Gasteiger partial charge on any atom is -0.481 e. The maximum atomic E-state index is 11.8. The molecule has 0 radical (unpaired) electrons. The summed E-state index contributed by atoms with van der Waals surface area (Å²) in [4.78, 5) is 25.3. The lowest BCUT2D eigenvalue weighted by atomic mass is 10.1. The lowest BCUT2D eigenvalue weighted by molar-refractivity contribution is -0.136. The first-order valence-electron chi connectivity index (χ1n) is 5.09. The number of hydrogen-bond donors (Lipinski definition) is 2. The molecule has 1 heterocycles. The highest BCUT2D eigenvalue weighted by molar-refractivity contribution is 9.10. The fourth-order valence-corrected chi connectivity index (χ4v) is 2.04. The van der Waals surface area contributed by atoms with Gasteiger partial charge < -0.3 is 10.1 Å². The van der Waals surface area contributed by atoms with Gasteiger partial charge in [0.1, 0.15) is 0 Å². The zero-order chi connectivity index (χ0) is 12.4. The third kappa shape index (κ3) is 2.55. The Morgan fingerprint density at radius 1 is 1.29 bits per heavy atom. The minimum absolute atomic E-state index is 0.0226. The van der Waals surface area contributed by atoms with E-state index in [9.17, 15) is 9.59 Å². The molecule has 0 saturated carbocycles. The SMILES string of the molecule is O=C(O)CCC(=O)c1c[nH]c2ccc(Br)cc12. The molecule has 2 rings (SSSR count). The third-order valence-electron chi connectivity index (χ3n) is 2.51. The second kappa shape index (κ2) is 4.71. The normalized spacial score (nSPS) is 10.6. The Bertz CT molecular complexity index is 588. The number of carbonyl (C=O) groups is 2. The van der Waals surface area contributed by atoms with E-state index in [4.69, 9.17) is 5.11 Å². The fourth-order valence-electron chi connectivity index (χ4n) is 1.68. The van der Waals surface area contributed by atoms with E-state index in [-0.39, 0.29) is 18.6 Å². The van der Waals surface area contributed by atoms with E-state index < -0.39 is 5.97 Å². The van der Waals surface area contributed by atoms with Crippen molar-refractivity contribution in [1.29, 1.82) is 0 Å². The smallest absolute Gasteiger partial charge is 0.303 e. The summed E-state index contributed by atoms with van der Waals surface area (Å²) in [5.74, 6) is -1.11. The molecular weight excluding hydrogens is 286 g/mol. The Kier molecular flexibility index (Phi) is 3.28. The van der Waals surface area contributed by atoms with E-state index in [1.807, 2.05) is 18.2 Å². The highest BCUT2D eigenvalue weighted by Gasteiger charge is 2.13. The lowest BCUT2D eigenvalue weighted by Gasteiger charge is -1.98. The van der Waals surface area contributed by atoms with Crippen molar-refractivity contribution in [1.82, 2.24) is 4.98 Å². The second-order valence-corrected chi connectivity index (χ2v) is 4.62. The summed E-state index contributed by atoms with van der Waals surface area (Å²) >= 11 is 3.34. The summed E-state index contributed by atoms with van der Waals surface area (Å²) in [5, 5.41) is 9.36. The largest absolute Gasteiger partial charge is 0.481 e. The molecule has 1 aromatic heterocycles. The topological polar surface area (TPSA) is 70.2 Å². The second-order valence-electron chi connectivity index (χ2n) is 3.71. The number of benzene rings is 1. The number of ketones is 1. The number of H-pyrrole nitrogens is 1. The van der Waals surface area contributed by atoms with Gasteiger partial charge in [0.05, 0.1) is 6.42 Å². The van der Waals surface area contributed by atoms with Crippen LogP contribution in [0, 0.1) is 0 Å². The molecule has 0 aliphatic rings. The number of nitrogens with one attached hydrogen (secondary N) is 1. The molecule has 0 aliphatic heterocycles. The third-order valence-corrected chi connectivity index (χ3v) is 3.00. The summed E-state index contributed by atoms with van der Waals surface area (Å²) in [5.41, 5.74) is 1.41. The standard InChI is InChI=1S/C12H10BrNO3/c13-7-1-2-10-8(5-7)9(6-14-10)11(15)3-4-12(16)17/h1-2,5-6,14H,3-4H2,(H,16,17). The Hall–Kier alpha value is -1.62. The van der Waals surface area contributed by atoms with Crippen LogP contribution in [0.15, 0.2) is 28.9 Å². The molecule has 0 spiro atoms. The van der Waals surface area contributed by atoms with Crippen molar-refractivity contribution in [2.75, 3.05) is 0 Å². The average molecular weight is 296 g/mol. The van der Waals surface area contributed by atoms with Crippen LogP contribution in [0.25, 0.3) is 10.9 Å². The van der Waals surface area contributed by atoms with E-state index in [0.717, 1.165) is 15.4 Å². The van der Waals surface area contributed by atoms with Gasteiger partial charge >= 0.3 is 5.97 Å². The summed E-state index contributed by atoms with van der Waals surface area (Å²) in [6.45, 7) is 0. The summed E-state index contributed by atoms with van der Waals surface area (Å²) in [7, 11) is 0. The van der Waals surface area contributed by atoms with Crippen LogP contribution in [0.1, 0.15) is 23.2 Å². The van der Waals surface area contributed by atoms with Gasteiger partial charge in [-0.3, -0.25) is 9.59 Å². The predicted molar refractivity (Wildman–Crippen MR) is 67.2 cm³/mol. The van der Waals surface area contributed by atoms with Crippen molar-refractivity contribution >= 4 is 38.6 Å². The van der Waals surface area contributed by atoms with Crippen molar-refractivity contribution < 1.29 is 14.7 Å². The zero-order valence-electron chi connectivity index (χ0n) is 8.87. The maximum Gasteiger partial charge on any atom is 0.303 e. The highest BCUT2D eigenvalue weighted by atomic mass is 79.9. The van der Waals surface area contributed by atoms with Crippen LogP contribution in [0.3, 0.4) is 0 Å². The number of Topliss-reactive ketones (excluding diaryl/α,β-unsaturated/α-hetero) is 1. The first-order chi connectivity index (χ1) is 8.08. The quantitative estimate of drug-likeness (QED) is 0.852. The fraction of sp³-hybridized carbons (Fsp3) is 0.167. The van der Waals surface area contributed by atoms with Crippen LogP contribution in [0.2, 0.25) is 0 Å². The van der Waals surface area contributed by atoms with Gasteiger partial charge in [0.2, 0.25) is 0 Å². The molecule has 0 amide bonds. The average Bonchev–Trinajstić information content (AvgIpc) is 2.68. The Morgan fingerprint density at radius 3 is 2.76 bits per heavy atom. The number of hydrogen-bond acceptors (Lipinski definition) is 2. The zero-order valence-corrected chi connectivity index (χ0v) is 10.5. The van der Waals surface area contributed by atoms with Gasteiger partial charge in [-0.2, -0.15) is 0 Å². The summed E-state index contributed by atoms with van der Waals surface area (Å²) < 4.78 is 0.886. The van der Waals surface area contributed by atoms with Gasteiger partial charge in [-0.25, -0.2) is 0 Å². The van der Waals surface area contributed by atoms with Gasteiger partial charge in [-0.05, 0) is 18.2 Å². The Morgan fingerprint density at radius 2 is 2.06 bits per heavy atom. The molecule has 0 aliphatic carbocycles. The van der Waals surface area contributed by atoms with Crippen molar-refractivity contribution in [3.63, 3.8) is 0 Å². The van der Waals surface area contributed by atoms with Crippen molar-refractivity contribution in [3.05, 3.63) is 34.4 Å². The number of aliphatic carboxylic acids is 1. The number of carboxylic acid groups (broad SMARTS) is 1. The molecule has 0 unspecified atom stereocenters. The van der Waals surface area contributed by atoms with Crippen LogP contribution < -0.4 is 0 Å². The van der Waals surface area contributed by atoms with E-state index in [1.54, 1.807) is 6.20 Å². The van der Waals surface area contributed by atoms with E-state index in [2.05, 4.69) is 20.9 Å². The molecular formula is C12H10BrNO3. The summed E-state index contributed by atoms with van der Waals surface area (Å²) in [6, 6.07) is 5.59. The molecule has 0 atom stereocenters. The Labute approximate surface area is 106 Å². The van der Waals surface area contributed by atoms with Crippen LogP contribution >= 0.6 is 15.9 Å². The van der Waals surface area contributed by atoms with E-state index in [1.165, 1.54) is 0 Å². The number of rotatable bonds is 4. The van der Waals surface area contributed by atoms with E-state index >= 15 is 0 Å². The van der Waals surface area contributed by atoms with Crippen LogP contribution in [-0.4, -0.2) is 21.8 Å². The lowest BCUT2D eigenvalue weighted by Crippen LogP contribution is -2.03. The van der Waals surface area contributed by atoms with Gasteiger partial charge in [-0.1, -0.05) is 15.9 Å².